The van der Waals surface area contributed by atoms with Crippen molar-refractivity contribution >= 4 is 27.5 Å². The minimum Gasteiger partial charge on any atom is -0.490 e. The van der Waals surface area contributed by atoms with Crippen LogP contribution in [0.3, 0.4) is 0 Å². The Morgan fingerprint density at radius 2 is 2.15 bits per heavy atom. The molecule has 1 spiro atoms. The van der Waals surface area contributed by atoms with Crippen LogP contribution < -0.4 is 14.8 Å². The van der Waals surface area contributed by atoms with Crippen LogP contribution in [0.4, 0.5) is 5.69 Å². The molecule has 0 aromatic heterocycles. The van der Waals surface area contributed by atoms with Crippen LogP contribution in [0.1, 0.15) is 36.8 Å². The van der Waals surface area contributed by atoms with Crippen molar-refractivity contribution in [1.29, 1.82) is 0 Å². The Kier molecular flexibility index (Phi) is 5.74. The Hall–Kier alpha value is -3.09. The highest BCUT2D eigenvalue weighted by Crippen LogP contribution is 2.58. The first-order valence-corrected chi connectivity index (χ1v) is 12.1. The molecule has 3 aliphatic heterocycles. The van der Waals surface area contributed by atoms with Gasteiger partial charge in [-0.3, -0.25) is 19.8 Å². The van der Waals surface area contributed by atoms with Crippen LogP contribution in [0.5, 0.6) is 11.5 Å². The molecule has 9 heteroatoms. The van der Waals surface area contributed by atoms with Gasteiger partial charge in [-0.2, -0.15) is 0 Å². The molecule has 4 atom stereocenters. The predicted molar refractivity (Wildman–Crippen MR) is 130 cm³/mol. The van der Waals surface area contributed by atoms with Crippen molar-refractivity contribution < 1.29 is 19.2 Å². The SMILES string of the molecule is C#CCOc1c(Br)cc([C@H]2[C@H]([N+](=O)[O-])[C@@]3(C(=O)Nc4ccccc43)N3CCC[C@@H]23)cc1OCC. The quantitative estimate of drug-likeness (QED) is 0.349. The average Bonchev–Trinajstić information content (AvgIpc) is 3.46. The second kappa shape index (κ2) is 8.60. The van der Waals surface area contributed by atoms with Crippen LogP contribution in [-0.4, -0.2) is 47.6 Å². The number of ether oxygens (including phenoxy) is 2. The molecule has 0 unspecified atom stereocenters. The van der Waals surface area contributed by atoms with E-state index in [1.165, 1.54) is 0 Å². The maximum atomic E-state index is 13.6. The summed E-state index contributed by atoms with van der Waals surface area (Å²) in [5.74, 6) is 2.51. The molecule has 34 heavy (non-hydrogen) atoms. The molecule has 2 fully saturated rings. The van der Waals surface area contributed by atoms with E-state index in [0.29, 0.717) is 40.4 Å². The van der Waals surface area contributed by atoms with Crippen molar-refractivity contribution in [3.8, 4) is 23.8 Å². The van der Waals surface area contributed by atoms with Gasteiger partial charge >= 0.3 is 0 Å². The molecule has 0 saturated carbocycles. The van der Waals surface area contributed by atoms with Gasteiger partial charge in [0.15, 0.2) is 17.0 Å². The van der Waals surface area contributed by atoms with Gasteiger partial charge in [0.2, 0.25) is 0 Å². The number of amides is 1. The number of nitro groups is 1. The van der Waals surface area contributed by atoms with E-state index in [0.717, 1.165) is 18.4 Å². The lowest BCUT2D eigenvalue weighted by Gasteiger charge is -2.32. The van der Waals surface area contributed by atoms with Crippen molar-refractivity contribution in [3.05, 3.63) is 62.1 Å². The first-order chi connectivity index (χ1) is 16.4. The Balaban J connectivity index is 1.70. The molecular weight excluding hydrogens is 502 g/mol. The second-order valence-corrected chi connectivity index (χ2v) is 9.54. The zero-order chi connectivity index (χ0) is 24.0. The first-order valence-electron chi connectivity index (χ1n) is 11.3. The molecule has 2 aromatic rings. The molecular formula is C25H24BrN3O5. The van der Waals surface area contributed by atoms with E-state index in [4.69, 9.17) is 15.9 Å². The van der Waals surface area contributed by atoms with E-state index in [1.54, 1.807) is 12.1 Å². The van der Waals surface area contributed by atoms with Crippen LogP contribution in [0.15, 0.2) is 40.9 Å². The molecule has 2 aromatic carbocycles. The lowest BCUT2D eigenvalue weighted by Crippen LogP contribution is -2.55. The smallest absolute Gasteiger partial charge is 0.256 e. The summed E-state index contributed by atoms with van der Waals surface area (Å²) < 4.78 is 12.1. The number of nitrogens with one attached hydrogen (secondary N) is 1. The van der Waals surface area contributed by atoms with Crippen molar-refractivity contribution in [2.45, 2.75) is 43.3 Å². The number of hydrogen-bond acceptors (Lipinski definition) is 6. The minimum atomic E-state index is -1.36. The first kappa shape index (κ1) is 22.7. The Labute approximate surface area is 205 Å². The van der Waals surface area contributed by atoms with Gasteiger partial charge in [0, 0.05) is 28.8 Å². The van der Waals surface area contributed by atoms with Gasteiger partial charge in [-0.25, -0.2) is 0 Å². The highest BCUT2D eigenvalue weighted by atomic mass is 79.9. The highest BCUT2D eigenvalue weighted by molar-refractivity contribution is 9.10. The number of halogens is 1. The lowest BCUT2D eigenvalue weighted by atomic mass is 9.77. The van der Waals surface area contributed by atoms with Gasteiger partial charge in [0.1, 0.15) is 6.61 Å². The van der Waals surface area contributed by atoms with Gasteiger partial charge in [0.05, 0.1) is 17.0 Å². The molecule has 3 aliphatic rings. The van der Waals surface area contributed by atoms with E-state index in [1.807, 2.05) is 31.2 Å². The minimum absolute atomic E-state index is 0.0649. The number of rotatable bonds is 6. The van der Waals surface area contributed by atoms with Gasteiger partial charge in [-0.1, -0.05) is 24.1 Å². The number of para-hydroxylation sites is 1. The predicted octanol–water partition coefficient (Wildman–Crippen LogP) is 3.91. The van der Waals surface area contributed by atoms with Crippen LogP contribution >= 0.6 is 15.9 Å². The molecule has 2 saturated heterocycles. The average molecular weight is 526 g/mol. The molecule has 0 bridgehead atoms. The summed E-state index contributed by atoms with van der Waals surface area (Å²) in [5.41, 5.74) is 0.688. The molecule has 5 rings (SSSR count). The number of hydrogen-bond donors (Lipinski definition) is 1. The number of nitrogens with zero attached hydrogens (tertiary/aromatic N) is 2. The Bertz CT molecular complexity index is 1210. The maximum absolute atomic E-state index is 13.6. The molecule has 8 nitrogen and oxygen atoms in total. The van der Waals surface area contributed by atoms with E-state index >= 15 is 0 Å². The summed E-state index contributed by atoms with van der Waals surface area (Å²) in [4.78, 5) is 28.1. The Morgan fingerprint density at radius 3 is 2.88 bits per heavy atom. The molecule has 1 amide bonds. The van der Waals surface area contributed by atoms with Crippen molar-refractivity contribution in [2.24, 2.45) is 0 Å². The second-order valence-electron chi connectivity index (χ2n) is 8.68. The van der Waals surface area contributed by atoms with E-state index in [-0.39, 0.29) is 23.5 Å². The van der Waals surface area contributed by atoms with Gasteiger partial charge in [-0.15, -0.1) is 6.42 Å². The zero-order valence-electron chi connectivity index (χ0n) is 18.6. The van der Waals surface area contributed by atoms with Crippen molar-refractivity contribution in [1.82, 2.24) is 4.90 Å². The summed E-state index contributed by atoms with van der Waals surface area (Å²) >= 11 is 3.55. The number of carbonyl (C=O) groups is 1. The number of benzene rings is 2. The van der Waals surface area contributed by atoms with E-state index in [2.05, 4.69) is 32.1 Å². The van der Waals surface area contributed by atoms with Crippen molar-refractivity contribution in [3.63, 3.8) is 0 Å². The number of fused-ring (bicyclic) bond motifs is 4. The third kappa shape index (κ3) is 3.12. The highest BCUT2D eigenvalue weighted by Gasteiger charge is 2.73. The molecule has 3 heterocycles. The van der Waals surface area contributed by atoms with Gasteiger partial charge < -0.3 is 14.8 Å². The standard InChI is InChI=1S/C25H24BrN3O5/c1-3-12-34-22-17(26)13-15(14-20(22)33-4-2)21-19-10-7-11-28(19)25(23(21)29(31)32)16-8-5-6-9-18(16)27-24(25)30/h1,5-6,8-9,13-14,19,21,23H,4,7,10-12H2,2H3,(H,27,30)/t19-,21+,23-,25-/m0/s1. The lowest BCUT2D eigenvalue weighted by molar-refractivity contribution is -0.534. The zero-order valence-corrected chi connectivity index (χ0v) is 20.2. The number of carbonyl (C=O) groups excluding carboxylic acids is 1. The van der Waals surface area contributed by atoms with Crippen LogP contribution in [-0.2, 0) is 10.3 Å². The van der Waals surface area contributed by atoms with Crippen LogP contribution in [0, 0.1) is 22.5 Å². The summed E-state index contributed by atoms with van der Waals surface area (Å²) in [7, 11) is 0. The Morgan fingerprint density at radius 1 is 1.35 bits per heavy atom. The van der Waals surface area contributed by atoms with Gasteiger partial charge in [-0.05, 0) is 59.5 Å². The van der Waals surface area contributed by atoms with Crippen molar-refractivity contribution in [2.75, 3.05) is 25.1 Å². The molecule has 1 N–H and O–H groups in total. The summed E-state index contributed by atoms with van der Waals surface area (Å²) in [6.07, 6.45) is 6.99. The monoisotopic (exact) mass is 525 g/mol. The van der Waals surface area contributed by atoms with Gasteiger partial charge in [0.25, 0.3) is 11.9 Å². The third-order valence-electron chi connectivity index (χ3n) is 7.11. The normalized spacial score (nSPS) is 27.2. The fourth-order valence-corrected chi connectivity index (χ4v) is 6.65. The summed E-state index contributed by atoms with van der Waals surface area (Å²) in [6.45, 7) is 2.93. The van der Waals surface area contributed by atoms with Crippen LogP contribution in [0.25, 0.3) is 0 Å². The number of terminal acetylenes is 1. The third-order valence-corrected chi connectivity index (χ3v) is 7.70. The molecule has 0 radical (unpaired) electrons. The number of anilines is 1. The molecule has 176 valence electrons. The topological polar surface area (TPSA) is 93.9 Å². The summed E-state index contributed by atoms with van der Waals surface area (Å²) in [6, 6.07) is 9.61. The molecule has 0 aliphatic carbocycles. The van der Waals surface area contributed by atoms with Crippen LogP contribution in [0.2, 0.25) is 0 Å². The fraction of sp³-hybridized carbons (Fsp3) is 0.400. The van der Waals surface area contributed by atoms with E-state index < -0.39 is 17.5 Å². The maximum Gasteiger partial charge on any atom is 0.256 e. The van der Waals surface area contributed by atoms with E-state index in [9.17, 15) is 14.9 Å². The largest absolute Gasteiger partial charge is 0.490 e. The summed E-state index contributed by atoms with van der Waals surface area (Å²) in [5, 5.41) is 15.7. The fourth-order valence-electron chi connectivity index (χ4n) is 6.07.